The topological polar surface area (TPSA) is 69.5 Å². The Morgan fingerprint density at radius 3 is 1.55 bits per heavy atom. The minimum Gasteiger partial charge on any atom is -0.412 e. The lowest BCUT2D eigenvalue weighted by Gasteiger charge is -1.89. The van der Waals surface area contributed by atoms with E-state index >= 15 is 0 Å². The summed E-state index contributed by atoms with van der Waals surface area (Å²) in [6.45, 7) is 11.1. The highest BCUT2D eigenvalue weighted by Gasteiger charge is 1.73. The smallest absolute Gasteiger partial charge is 0.00973 e. The fourth-order valence-electron chi connectivity index (χ4n) is 0.279. The third kappa shape index (κ3) is 74.0. The van der Waals surface area contributed by atoms with Crippen LogP contribution in [0.1, 0.15) is 47.5 Å². The normalized spacial score (nSPS) is 6.00. The first kappa shape index (κ1) is 22.4. The molecule has 5 N–H and O–H groups in total. The van der Waals surface area contributed by atoms with Gasteiger partial charge in [0.05, 0.1) is 0 Å². The number of unbranched alkanes of at least 4 members (excludes halogenated alkanes) is 1. The Morgan fingerprint density at radius 1 is 1.09 bits per heavy atom. The summed E-state index contributed by atoms with van der Waals surface area (Å²) in [6, 6.07) is 0. The van der Waals surface area contributed by atoms with E-state index in [2.05, 4.69) is 12.3 Å². The van der Waals surface area contributed by atoms with Crippen molar-refractivity contribution in [2.75, 3.05) is 6.54 Å². The Kier molecular flexibility index (Phi) is 106. The third-order valence-corrected chi connectivity index (χ3v) is 0.675. The Bertz CT molecular complexity index is 24.1. The maximum absolute atomic E-state index is 4.96. The van der Waals surface area contributed by atoms with Crippen LogP contribution in [-0.4, -0.2) is 12.0 Å². The summed E-state index contributed by atoms with van der Waals surface area (Å²) in [6.07, 6.45) is 2.39. The van der Waals surface area contributed by atoms with Gasteiger partial charge >= 0.3 is 0 Å². The molecule has 0 unspecified atom stereocenters. The molecule has 0 aromatic rings. The van der Waals surface area contributed by atoms with E-state index in [0.29, 0.717) is 0 Å². The largest absolute Gasteiger partial charge is 0.412 e. The van der Waals surface area contributed by atoms with Gasteiger partial charge < -0.3 is 5.48 Å². The van der Waals surface area contributed by atoms with Gasteiger partial charge in [-0.15, -0.1) is 0 Å². The highest BCUT2D eigenvalue weighted by molar-refractivity contribution is 4.33. The van der Waals surface area contributed by atoms with Gasteiger partial charge in [-0.25, -0.2) is 0 Å². The second-order valence-corrected chi connectivity index (χ2v) is 1.31. The zero-order valence-corrected chi connectivity index (χ0v) is 8.70. The lowest BCUT2D eigenvalue weighted by molar-refractivity contribution is 0.669. The third-order valence-electron chi connectivity index (χ3n) is 0.675. The summed E-state index contributed by atoms with van der Waals surface area (Å²) < 4.78 is 0. The van der Waals surface area contributed by atoms with E-state index in [1.807, 2.05) is 27.7 Å². The molecular formula is C8H26N2O. The number of nitrogens with one attached hydrogen (secondary N) is 1. The molecule has 0 spiro atoms. The van der Waals surface area contributed by atoms with Crippen LogP contribution in [0.5, 0.6) is 0 Å². The quantitative estimate of drug-likeness (QED) is 0.379. The summed E-state index contributed by atoms with van der Waals surface area (Å²) >= 11 is 0. The van der Waals surface area contributed by atoms with Crippen LogP contribution in [0.2, 0.25) is 0 Å². The van der Waals surface area contributed by atoms with Crippen molar-refractivity contribution in [2.45, 2.75) is 47.5 Å². The van der Waals surface area contributed by atoms with Crippen LogP contribution in [0, 0.1) is 0 Å². The Balaban J connectivity index is -0.0000000428. The van der Waals surface area contributed by atoms with Crippen LogP contribution in [0.4, 0.5) is 0 Å². The maximum Gasteiger partial charge on any atom is 0.00973 e. The van der Waals surface area contributed by atoms with Crippen LogP contribution in [0.3, 0.4) is 0 Å². The van der Waals surface area contributed by atoms with Gasteiger partial charge in [0.2, 0.25) is 0 Å². The Hall–Kier alpha value is -0.120. The number of rotatable bonds is 3. The molecule has 0 bridgehead atoms. The zero-order valence-electron chi connectivity index (χ0n) is 8.70. The van der Waals surface area contributed by atoms with Gasteiger partial charge in [-0.1, -0.05) is 41.0 Å². The molecule has 3 nitrogen and oxygen atoms in total. The molecular weight excluding hydrogens is 140 g/mol. The van der Waals surface area contributed by atoms with E-state index in [4.69, 9.17) is 5.84 Å². The monoisotopic (exact) mass is 166 g/mol. The summed E-state index contributed by atoms with van der Waals surface area (Å²) in [5, 5.41) is 0. The SMILES string of the molecule is CC.CC.CCCCNN.O. The van der Waals surface area contributed by atoms with E-state index in [1.165, 1.54) is 12.8 Å². The number of nitrogens with two attached hydrogens (primary N) is 1. The van der Waals surface area contributed by atoms with Crippen molar-refractivity contribution in [3.8, 4) is 0 Å². The summed E-state index contributed by atoms with van der Waals surface area (Å²) in [4.78, 5) is 0. The molecule has 0 radical (unpaired) electrons. The van der Waals surface area contributed by atoms with Crippen LogP contribution in [-0.2, 0) is 0 Å². The molecule has 74 valence electrons. The first-order valence-corrected chi connectivity index (χ1v) is 4.35. The molecule has 0 aromatic heterocycles. The molecule has 0 heterocycles. The molecule has 11 heavy (non-hydrogen) atoms. The van der Waals surface area contributed by atoms with Crippen molar-refractivity contribution in [3.63, 3.8) is 0 Å². The van der Waals surface area contributed by atoms with Gasteiger partial charge in [-0.3, -0.25) is 11.3 Å². The molecule has 0 aromatic carbocycles. The van der Waals surface area contributed by atoms with Gasteiger partial charge in [-0.05, 0) is 6.42 Å². The van der Waals surface area contributed by atoms with Gasteiger partial charge in [-0.2, -0.15) is 0 Å². The summed E-state index contributed by atoms with van der Waals surface area (Å²) in [5.74, 6) is 4.96. The van der Waals surface area contributed by atoms with E-state index in [0.717, 1.165) is 6.54 Å². The maximum atomic E-state index is 4.96. The molecule has 0 amide bonds. The first-order chi connectivity index (χ1) is 4.91. The average Bonchev–Trinajstić information content (AvgIpc) is 2.08. The standard InChI is InChI=1S/C4H12N2.2C2H6.H2O/c1-2-3-4-6-5;2*1-2;/h6H,2-5H2,1H3;2*1-2H3;1H2. The van der Waals surface area contributed by atoms with Gasteiger partial charge in [0, 0.05) is 6.54 Å². The van der Waals surface area contributed by atoms with E-state index in [-0.39, 0.29) is 5.48 Å². The van der Waals surface area contributed by atoms with Crippen LogP contribution in [0.25, 0.3) is 0 Å². The highest BCUT2D eigenvalue weighted by atomic mass is 16.0. The molecule has 0 aliphatic carbocycles. The molecule has 0 fully saturated rings. The predicted octanol–water partition coefficient (Wildman–Crippen LogP) is 1.48. The Morgan fingerprint density at radius 2 is 1.45 bits per heavy atom. The van der Waals surface area contributed by atoms with Gasteiger partial charge in [0.25, 0.3) is 0 Å². The zero-order chi connectivity index (χ0) is 8.83. The second-order valence-electron chi connectivity index (χ2n) is 1.31. The number of hydrogen-bond donors (Lipinski definition) is 2. The first-order valence-electron chi connectivity index (χ1n) is 4.35. The Labute approximate surface area is 71.6 Å². The number of hydrogen-bond acceptors (Lipinski definition) is 2. The van der Waals surface area contributed by atoms with Crippen LogP contribution >= 0.6 is 0 Å². The van der Waals surface area contributed by atoms with Crippen molar-refractivity contribution in [3.05, 3.63) is 0 Å². The van der Waals surface area contributed by atoms with Crippen molar-refractivity contribution >= 4 is 0 Å². The van der Waals surface area contributed by atoms with Crippen molar-refractivity contribution < 1.29 is 5.48 Å². The molecule has 0 aliphatic rings. The predicted molar refractivity (Wildman–Crippen MR) is 53.4 cm³/mol. The minimum atomic E-state index is 0. The summed E-state index contributed by atoms with van der Waals surface area (Å²) in [5.41, 5.74) is 2.57. The second kappa shape index (κ2) is 51.8. The van der Waals surface area contributed by atoms with E-state index < -0.39 is 0 Å². The van der Waals surface area contributed by atoms with Gasteiger partial charge in [0.15, 0.2) is 0 Å². The lowest BCUT2D eigenvalue weighted by Crippen LogP contribution is -2.22. The lowest BCUT2D eigenvalue weighted by atomic mass is 10.3. The van der Waals surface area contributed by atoms with E-state index in [1.54, 1.807) is 0 Å². The molecule has 0 atom stereocenters. The molecule has 0 rings (SSSR count). The fourth-order valence-corrected chi connectivity index (χ4v) is 0.279. The molecule has 0 saturated heterocycles. The molecule has 3 heteroatoms. The van der Waals surface area contributed by atoms with Crippen molar-refractivity contribution in [1.29, 1.82) is 0 Å². The highest BCUT2D eigenvalue weighted by Crippen LogP contribution is 1.78. The van der Waals surface area contributed by atoms with E-state index in [9.17, 15) is 0 Å². The van der Waals surface area contributed by atoms with Gasteiger partial charge in [0.1, 0.15) is 0 Å². The summed E-state index contributed by atoms with van der Waals surface area (Å²) in [7, 11) is 0. The van der Waals surface area contributed by atoms with Crippen LogP contribution < -0.4 is 11.3 Å². The average molecular weight is 166 g/mol. The fraction of sp³-hybridized carbons (Fsp3) is 1.00. The van der Waals surface area contributed by atoms with Crippen molar-refractivity contribution in [2.24, 2.45) is 5.84 Å². The van der Waals surface area contributed by atoms with Crippen molar-refractivity contribution in [1.82, 2.24) is 5.43 Å². The number of hydrazine groups is 1. The minimum absolute atomic E-state index is 0. The van der Waals surface area contributed by atoms with Crippen LogP contribution in [0.15, 0.2) is 0 Å². The molecule has 0 aliphatic heterocycles. The molecule has 0 saturated carbocycles.